The molecule has 1 aliphatic heterocycles. The van der Waals surface area contributed by atoms with E-state index < -0.39 is 0 Å². The third-order valence-corrected chi connectivity index (χ3v) is 5.05. The lowest BCUT2D eigenvalue weighted by atomic mass is 10.2. The molecule has 0 bridgehead atoms. The van der Waals surface area contributed by atoms with Gasteiger partial charge in [-0.1, -0.05) is 24.9 Å². The van der Waals surface area contributed by atoms with Gasteiger partial charge in [-0.05, 0) is 30.7 Å². The quantitative estimate of drug-likeness (QED) is 0.701. The Balaban J connectivity index is 1.46. The van der Waals surface area contributed by atoms with Crippen LogP contribution in [0.15, 0.2) is 34.9 Å². The van der Waals surface area contributed by atoms with Crippen LogP contribution in [-0.4, -0.2) is 64.6 Å². The second-order valence-electron chi connectivity index (χ2n) is 7.11. The summed E-state index contributed by atoms with van der Waals surface area (Å²) in [5, 5.41) is 13.3. The number of nitrogens with zero attached hydrogens (tertiary/aromatic N) is 3. The van der Waals surface area contributed by atoms with Crippen molar-refractivity contribution in [3.8, 4) is 0 Å². The Morgan fingerprint density at radius 1 is 1.25 bits per heavy atom. The van der Waals surface area contributed by atoms with Crippen LogP contribution in [0.5, 0.6) is 0 Å². The summed E-state index contributed by atoms with van der Waals surface area (Å²) < 4.78 is 5.48. The largest absolute Gasteiger partial charge is 0.447 e. The Bertz CT molecular complexity index is 757. The summed E-state index contributed by atoms with van der Waals surface area (Å²) in [5.74, 6) is 0.216. The number of carbonyl (C=O) groups is 1. The highest BCUT2D eigenvalue weighted by molar-refractivity contribution is 6.30. The molecule has 2 N–H and O–H groups in total. The monoisotopic (exact) mass is 406 g/mol. The molecule has 1 aromatic carbocycles. The number of piperazine rings is 1. The van der Waals surface area contributed by atoms with Gasteiger partial charge < -0.3 is 14.8 Å². The topological polar surface area (TPSA) is 81.8 Å². The summed E-state index contributed by atoms with van der Waals surface area (Å²) in [6.45, 7) is 6.97. The number of hydrogen-bond donors (Lipinski definition) is 2. The zero-order valence-corrected chi connectivity index (χ0v) is 16.9. The van der Waals surface area contributed by atoms with E-state index in [2.05, 4.69) is 27.0 Å². The maximum atomic E-state index is 12.3. The van der Waals surface area contributed by atoms with Crippen molar-refractivity contribution in [2.45, 2.75) is 32.4 Å². The highest BCUT2D eigenvalue weighted by atomic mass is 35.5. The first kappa shape index (κ1) is 20.8. The minimum absolute atomic E-state index is 0.245. The average Bonchev–Trinajstić information content (AvgIpc) is 3.14. The summed E-state index contributed by atoms with van der Waals surface area (Å²) in [5.41, 5.74) is 0.909. The molecule has 1 fully saturated rings. The van der Waals surface area contributed by atoms with Gasteiger partial charge in [-0.2, -0.15) is 0 Å². The molecule has 8 heteroatoms. The standard InChI is InChI=1S/C20H27ClN4O3/c1-2-3-17(26)12-24-8-10-25(11-9-24)13-19-23-18(14-28-19)20(27)22-16-6-4-15(21)5-7-16/h4-7,14,17,26H,2-3,8-13H2,1H3,(H,22,27). The molecule has 2 heterocycles. The fraction of sp³-hybridized carbons (Fsp3) is 0.500. The molecule has 0 aliphatic carbocycles. The van der Waals surface area contributed by atoms with Crippen LogP contribution in [0.4, 0.5) is 5.69 Å². The average molecular weight is 407 g/mol. The molecule has 1 atom stereocenters. The Kier molecular flexibility index (Phi) is 7.44. The smallest absolute Gasteiger partial charge is 0.277 e. The van der Waals surface area contributed by atoms with Crippen LogP contribution in [0.3, 0.4) is 0 Å². The van der Waals surface area contributed by atoms with E-state index in [0.29, 0.717) is 23.1 Å². The Hall–Kier alpha value is -1.93. The van der Waals surface area contributed by atoms with Crippen LogP contribution < -0.4 is 5.32 Å². The predicted molar refractivity (Wildman–Crippen MR) is 109 cm³/mol. The van der Waals surface area contributed by atoms with Crippen LogP contribution in [-0.2, 0) is 6.54 Å². The summed E-state index contributed by atoms with van der Waals surface area (Å²) in [4.78, 5) is 21.1. The zero-order valence-electron chi connectivity index (χ0n) is 16.1. The van der Waals surface area contributed by atoms with E-state index in [1.165, 1.54) is 6.26 Å². The Morgan fingerprint density at radius 3 is 2.61 bits per heavy atom. The highest BCUT2D eigenvalue weighted by Crippen LogP contribution is 2.15. The second-order valence-corrected chi connectivity index (χ2v) is 7.54. The lowest BCUT2D eigenvalue weighted by molar-refractivity contribution is 0.0634. The first-order chi connectivity index (χ1) is 13.5. The molecule has 7 nitrogen and oxygen atoms in total. The number of β-amino-alcohol motifs (C(OH)–C–C–N with tert-alkyl or cyclic N) is 1. The molecule has 1 amide bonds. The van der Waals surface area contributed by atoms with E-state index >= 15 is 0 Å². The number of aromatic nitrogens is 1. The van der Waals surface area contributed by atoms with E-state index in [-0.39, 0.29) is 17.7 Å². The first-order valence-corrected chi connectivity index (χ1v) is 10.1. The van der Waals surface area contributed by atoms with Crippen LogP contribution in [0.25, 0.3) is 0 Å². The van der Waals surface area contributed by atoms with E-state index in [9.17, 15) is 9.90 Å². The first-order valence-electron chi connectivity index (χ1n) is 9.67. The van der Waals surface area contributed by atoms with Gasteiger partial charge in [0, 0.05) is 43.4 Å². The number of nitrogens with one attached hydrogen (secondary N) is 1. The van der Waals surface area contributed by atoms with Crippen molar-refractivity contribution in [3.05, 3.63) is 47.1 Å². The van der Waals surface area contributed by atoms with Gasteiger partial charge in [0.05, 0.1) is 12.6 Å². The van der Waals surface area contributed by atoms with Gasteiger partial charge in [-0.25, -0.2) is 4.98 Å². The Labute approximate surface area is 170 Å². The lowest BCUT2D eigenvalue weighted by Gasteiger charge is -2.34. The molecule has 152 valence electrons. The number of amides is 1. The van der Waals surface area contributed by atoms with Gasteiger partial charge in [-0.3, -0.25) is 14.6 Å². The van der Waals surface area contributed by atoms with Gasteiger partial charge in [0.1, 0.15) is 6.26 Å². The minimum atomic E-state index is -0.313. The maximum absolute atomic E-state index is 12.3. The number of hydrogen-bond acceptors (Lipinski definition) is 6. The maximum Gasteiger partial charge on any atom is 0.277 e. The van der Waals surface area contributed by atoms with Crippen molar-refractivity contribution in [2.24, 2.45) is 0 Å². The van der Waals surface area contributed by atoms with Crippen molar-refractivity contribution in [1.82, 2.24) is 14.8 Å². The van der Waals surface area contributed by atoms with Crippen molar-refractivity contribution >= 4 is 23.2 Å². The Morgan fingerprint density at radius 2 is 1.93 bits per heavy atom. The van der Waals surface area contributed by atoms with Gasteiger partial charge in [0.2, 0.25) is 5.89 Å². The van der Waals surface area contributed by atoms with Gasteiger partial charge >= 0.3 is 0 Å². The van der Waals surface area contributed by atoms with Crippen LogP contribution in [0.2, 0.25) is 5.02 Å². The van der Waals surface area contributed by atoms with Crippen molar-refractivity contribution in [3.63, 3.8) is 0 Å². The highest BCUT2D eigenvalue weighted by Gasteiger charge is 2.21. The van der Waals surface area contributed by atoms with E-state index in [1.807, 2.05) is 0 Å². The second kappa shape index (κ2) is 10.0. The summed E-state index contributed by atoms with van der Waals surface area (Å²) in [6.07, 6.45) is 2.99. The number of aliphatic hydroxyl groups excluding tert-OH is 1. The molecule has 0 spiro atoms. The molecule has 1 saturated heterocycles. The molecular formula is C20H27ClN4O3. The molecule has 1 aromatic heterocycles. The third-order valence-electron chi connectivity index (χ3n) is 4.80. The number of aliphatic hydroxyl groups is 1. The normalized spacial score (nSPS) is 16.8. The van der Waals surface area contributed by atoms with Crippen molar-refractivity contribution in [2.75, 3.05) is 38.0 Å². The molecule has 2 aromatic rings. The zero-order chi connectivity index (χ0) is 19.9. The van der Waals surface area contributed by atoms with E-state index in [1.54, 1.807) is 24.3 Å². The third kappa shape index (κ3) is 6.04. The number of carbonyl (C=O) groups excluding carboxylic acids is 1. The van der Waals surface area contributed by atoms with Crippen LogP contribution in [0.1, 0.15) is 36.1 Å². The molecular weight excluding hydrogens is 380 g/mol. The summed E-state index contributed by atoms with van der Waals surface area (Å²) in [6, 6.07) is 6.90. The molecule has 0 radical (unpaired) electrons. The SMILES string of the molecule is CCCC(O)CN1CCN(Cc2nc(C(=O)Nc3ccc(Cl)cc3)co2)CC1. The molecule has 1 unspecified atom stereocenters. The number of rotatable bonds is 8. The van der Waals surface area contributed by atoms with Crippen LogP contribution >= 0.6 is 11.6 Å². The number of anilines is 1. The van der Waals surface area contributed by atoms with Gasteiger partial charge in [-0.15, -0.1) is 0 Å². The van der Waals surface area contributed by atoms with Gasteiger partial charge in [0.25, 0.3) is 5.91 Å². The number of benzene rings is 1. The molecule has 28 heavy (non-hydrogen) atoms. The summed E-state index contributed by atoms with van der Waals surface area (Å²) >= 11 is 5.85. The lowest BCUT2D eigenvalue weighted by Crippen LogP contribution is -2.48. The van der Waals surface area contributed by atoms with Crippen LogP contribution in [0, 0.1) is 0 Å². The number of halogens is 1. The molecule has 3 rings (SSSR count). The predicted octanol–water partition coefficient (Wildman–Crippen LogP) is 2.86. The van der Waals surface area contributed by atoms with Crippen molar-refractivity contribution in [1.29, 1.82) is 0 Å². The summed E-state index contributed by atoms with van der Waals surface area (Å²) in [7, 11) is 0. The van der Waals surface area contributed by atoms with E-state index in [4.69, 9.17) is 16.0 Å². The fourth-order valence-corrected chi connectivity index (χ4v) is 3.39. The van der Waals surface area contributed by atoms with E-state index in [0.717, 1.165) is 45.6 Å². The molecule has 0 saturated carbocycles. The minimum Gasteiger partial charge on any atom is -0.447 e. The van der Waals surface area contributed by atoms with Gasteiger partial charge in [0.15, 0.2) is 5.69 Å². The number of oxazole rings is 1. The fourth-order valence-electron chi connectivity index (χ4n) is 3.26. The molecule has 1 aliphatic rings. The van der Waals surface area contributed by atoms with Crippen molar-refractivity contribution < 1.29 is 14.3 Å².